The van der Waals surface area contributed by atoms with Gasteiger partial charge in [0.15, 0.2) is 5.78 Å². The average Bonchev–Trinajstić information content (AvgIpc) is 2.15. The van der Waals surface area contributed by atoms with E-state index in [1.807, 2.05) is 24.3 Å². The molecule has 14 heavy (non-hydrogen) atoms. The van der Waals surface area contributed by atoms with Gasteiger partial charge >= 0.3 is 0 Å². The summed E-state index contributed by atoms with van der Waals surface area (Å²) in [5.41, 5.74) is 6.87. The zero-order chi connectivity index (χ0) is 10.8. The van der Waals surface area contributed by atoms with Crippen molar-refractivity contribution in [3.63, 3.8) is 0 Å². The normalized spacial score (nSPS) is 11.4. The van der Waals surface area contributed by atoms with Crippen LogP contribution in [0, 0.1) is 0 Å². The molecule has 0 atom stereocenters. The summed E-state index contributed by atoms with van der Waals surface area (Å²) < 4.78 is 0. The van der Waals surface area contributed by atoms with Crippen molar-refractivity contribution in [1.29, 1.82) is 0 Å². The maximum atomic E-state index is 11.7. The van der Waals surface area contributed by atoms with Crippen molar-refractivity contribution in [3.8, 4) is 0 Å². The first-order valence-corrected chi connectivity index (χ1v) is 4.87. The molecule has 0 aliphatic carbocycles. The summed E-state index contributed by atoms with van der Waals surface area (Å²) in [6, 6.07) is 7.63. The maximum Gasteiger partial charge on any atom is 0.182 e. The molecule has 0 heterocycles. The van der Waals surface area contributed by atoms with Crippen molar-refractivity contribution in [2.45, 2.75) is 32.7 Å². The monoisotopic (exact) mass is 191 g/mol. The zero-order valence-corrected chi connectivity index (χ0v) is 9.00. The molecule has 2 heteroatoms. The standard InChI is InChI=1S/C12H17NO/c1-4-9-5-7-10(8-6-9)11(14)12(2,3)13/h5-8H,4,13H2,1-3H3. The van der Waals surface area contributed by atoms with Gasteiger partial charge in [-0.05, 0) is 25.8 Å². The fourth-order valence-corrected chi connectivity index (χ4v) is 1.26. The van der Waals surface area contributed by atoms with Crippen LogP contribution in [0.2, 0.25) is 0 Å². The molecule has 2 nitrogen and oxygen atoms in total. The number of nitrogens with two attached hydrogens (primary N) is 1. The number of carbonyl (C=O) groups is 1. The third-order valence-electron chi connectivity index (χ3n) is 2.21. The largest absolute Gasteiger partial charge is 0.319 e. The summed E-state index contributed by atoms with van der Waals surface area (Å²) in [5, 5.41) is 0. The van der Waals surface area contributed by atoms with Gasteiger partial charge in [-0.25, -0.2) is 0 Å². The topological polar surface area (TPSA) is 43.1 Å². The minimum atomic E-state index is -0.784. The third kappa shape index (κ3) is 2.42. The van der Waals surface area contributed by atoms with Gasteiger partial charge in [0, 0.05) is 5.56 Å². The molecule has 1 aromatic rings. The molecule has 0 saturated heterocycles. The van der Waals surface area contributed by atoms with E-state index in [0.29, 0.717) is 5.56 Å². The van der Waals surface area contributed by atoms with Crippen LogP contribution in [0.5, 0.6) is 0 Å². The Labute approximate surface area is 85.1 Å². The molecule has 0 radical (unpaired) electrons. The Kier molecular flexibility index (Phi) is 3.06. The maximum absolute atomic E-state index is 11.7. The van der Waals surface area contributed by atoms with E-state index in [1.165, 1.54) is 5.56 Å². The van der Waals surface area contributed by atoms with Crippen LogP contribution in [0.3, 0.4) is 0 Å². The van der Waals surface area contributed by atoms with Gasteiger partial charge in [0.2, 0.25) is 0 Å². The molecule has 76 valence electrons. The number of hydrogen-bond donors (Lipinski definition) is 1. The van der Waals surface area contributed by atoms with Gasteiger partial charge < -0.3 is 5.73 Å². The van der Waals surface area contributed by atoms with Crippen LogP contribution in [-0.2, 0) is 6.42 Å². The number of ketones is 1. The lowest BCUT2D eigenvalue weighted by atomic mass is 9.94. The lowest BCUT2D eigenvalue weighted by molar-refractivity contribution is 0.0913. The van der Waals surface area contributed by atoms with Crippen LogP contribution in [-0.4, -0.2) is 11.3 Å². The molecular weight excluding hydrogens is 174 g/mol. The van der Waals surface area contributed by atoms with E-state index in [4.69, 9.17) is 5.73 Å². The molecule has 0 aliphatic heterocycles. The number of rotatable bonds is 3. The van der Waals surface area contributed by atoms with E-state index < -0.39 is 5.54 Å². The Hall–Kier alpha value is -1.15. The lowest BCUT2D eigenvalue weighted by Gasteiger charge is -2.16. The fraction of sp³-hybridized carbons (Fsp3) is 0.417. The van der Waals surface area contributed by atoms with Crippen LogP contribution in [0.4, 0.5) is 0 Å². The summed E-state index contributed by atoms with van der Waals surface area (Å²) in [6.07, 6.45) is 0.987. The van der Waals surface area contributed by atoms with Crippen molar-refractivity contribution < 1.29 is 4.79 Å². The molecule has 0 spiro atoms. The molecule has 0 bridgehead atoms. The predicted octanol–water partition coefficient (Wildman–Crippen LogP) is 2.17. The predicted molar refractivity (Wildman–Crippen MR) is 58.4 cm³/mol. The van der Waals surface area contributed by atoms with E-state index in [9.17, 15) is 4.79 Å². The molecule has 0 fully saturated rings. The second-order valence-electron chi connectivity index (χ2n) is 4.10. The van der Waals surface area contributed by atoms with Gasteiger partial charge in [0.1, 0.15) is 0 Å². The number of carbonyl (C=O) groups excluding carboxylic acids is 1. The van der Waals surface area contributed by atoms with E-state index in [-0.39, 0.29) is 5.78 Å². The van der Waals surface area contributed by atoms with E-state index in [1.54, 1.807) is 13.8 Å². The van der Waals surface area contributed by atoms with Gasteiger partial charge in [0.25, 0.3) is 0 Å². The van der Waals surface area contributed by atoms with Crippen LogP contribution < -0.4 is 5.73 Å². The van der Waals surface area contributed by atoms with Gasteiger partial charge in [-0.3, -0.25) is 4.79 Å². The van der Waals surface area contributed by atoms with Crippen molar-refractivity contribution in [1.82, 2.24) is 0 Å². The molecule has 0 unspecified atom stereocenters. The molecule has 0 aliphatic rings. The van der Waals surface area contributed by atoms with Crippen LogP contribution in [0.25, 0.3) is 0 Å². The Morgan fingerprint density at radius 3 is 2.14 bits per heavy atom. The van der Waals surface area contributed by atoms with E-state index >= 15 is 0 Å². The summed E-state index contributed by atoms with van der Waals surface area (Å²) in [5.74, 6) is -0.0137. The number of benzene rings is 1. The summed E-state index contributed by atoms with van der Waals surface area (Å²) in [7, 11) is 0. The Morgan fingerprint density at radius 2 is 1.79 bits per heavy atom. The molecule has 1 rings (SSSR count). The number of Topliss-reactive ketones (excluding diaryl/α,β-unsaturated/α-hetero) is 1. The second kappa shape index (κ2) is 3.93. The highest BCUT2D eigenvalue weighted by atomic mass is 16.1. The first-order chi connectivity index (χ1) is 6.45. The minimum absolute atomic E-state index is 0.0137. The highest BCUT2D eigenvalue weighted by Gasteiger charge is 2.22. The average molecular weight is 191 g/mol. The zero-order valence-electron chi connectivity index (χ0n) is 9.00. The first-order valence-electron chi connectivity index (χ1n) is 4.87. The highest BCUT2D eigenvalue weighted by Crippen LogP contribution is 2.11. The van der Waals surface area contributed by atoms with Crippen molar-refractivity contribution in [2.75, 3.05) is 0 Å². The number of hydrogen-bond acceptors (Lipinski definition) is 2. The van der Waals surface area contributed by atoms with Gasteiger partial charge in [-0.1, -0.05) is 31.2 Å². The Morgan fingerprint density at radius 1 is 1.29 bits per heavy atom. The summed E-state index contributed by atoms with van der Waals surface area (Å²) >= 11 is 0. The third-order valence-corrected chi connectivity index (χ3v) is 2.21. The smallest absolute Gasteiger partial charge is 0.182 e. The highest BCUT2D eigenvalue weighted by molar-refractivity contribution is 6.02. The van der Waals surface area contributed by atoms with Gasteiger partial charge in [-0.2, -0.15) is 0 Å². The van der Waals surface area contributed by atoms with Crippen LogP contribution >= 0.6 is 0 Å². The summed E-state index contributed by atoms with van der Waals surface area (Å²) in [4.78, 5) is 11.7. The van der Waals surface area contributed by atoms with Crippen LogP contribution in [0.15, 0.2) is 24.3 Å². The fourth-order valence-electron chi connectivity index (χ4n) is 1.26. The first kappa shape index (κ1) is 10.9. The molecule has 0 saturated carbocycles. The van der Waals surface area contributed by atoms with Crippen molar-refractivity contribution in [2.24, 2.45) is 5.73 Å². The SMILES string of the molecule is CCc1ccc(C(=O)C(C)(C)N)cc1. The minimum Gasteiger partial charge on any atom is -0.319 e. The Bertz CT molecular complexity index is 319. The second-order valence-corrected chi connectivity index (χ2v) is 4.10. The Balaban J connectivity index is 2.93. The van der Waals surface area contributed by atoms with E-state index in [0.717, 1.165) is 6.42 Å². The van der Waals surface area contributed by atoms with Crippen molar-refractivity contribution >= 4 is 5.78 Å². The molecule has 1 aromatic carbocycles. The quantitative estimate of drug-likeness (QED) is 0.744. The lowest BCUT2D eigenvalue weighted by Crippen LogP contribution is -2.41. The number of aryl methyl sites for hydroxylation is 1. The van der Waals surface area contributed by atoms with Gasteiger partial charge in [-0.15, -0.1) is 0 Å². The molecule has 0 aromatic heterocycles. The van der Waals surface area contributed by atoms with Crippen LogP contribution in [0.1, 0.15) is 36.7 Å². The molecule has 2 N–H and O–H groups in total. The van der Waals surface area contributed by atoms with E-state index in [2.05, 4.69) is 6.92 Å². The molecular formula is C12H17NO. The van der Waals surface area contributed by atoms with Gasteiger partial charge in [0.05, 0.1) is 5.54 Å². The molecule has 0 amide bonds. The summed E-state index contributed by atoms with van der Waals surface area (Å²) in [6.45, 7) is 5.54. The van der Waals surface area contributed by atoms with Crippen molar-refractivity contribution in [3.05, 3.63) is 35.4 Å².